The maximum atomic E-state index is 4.40. The van der Waals surface area contributed by atoms with Crippen LogP contribution in [0.5, 0.6) is 0 Å². The minimum absolute atomic E-state index is 0.708. The van der Waals surface area contributed by atoms with Crippen molar-refractivity contribution in [3.63, 3.8) is 0 Å². The van der Waals surface area contributed by atoms with Gasteiger partial charge in [0.05, 0.1) is 11.2 Å². The second-order valence-corrected chi connectivity index (χ2v) is 5.43. The third-order valence-corrected chi connectivity index (χ3v) is 3.85. The molecule has 0 radical (unpaired) electrons. The Morgan fingerprint density at radius 2 is 1.67 bits per heavy atom. The maximum absolute atomic E-state index is 4.40. The van der Waals surface area contributed by atoms with Crippen LogP contribution in [0, 0.1) is 0 Å². The van der Waals surface area contributed by atoms with Crippen molar-refractivity contribution in [2.24, 2.45) is 0 Å². The Morgan fingerprint density at radius 1 is 0.833 bits per heavy atom. The number of para-hydroxylation sites is 1. The van der Waals surface area contributed by atoms with Crippen molar-refractivity contribution in [3.8, 4) is 11.1 Å². The summed E-state index contributed by atoms with van der Waals surface area (Å²) in [5.74, 6) is 0. The van der Waals surface area contributed by atoms with Crippen LogP contribution in [-0.2, 0) is 6.54 Å². The molecular formula is C19H15N5. The summed E-state index contributed by atoms with van der Waals surface area (Å²) in [7, 11) is 0. The molecular weight excluding hydrogens is 298 g/mol. The number of fused-ring (bicyclic) bond motifs is 1. The van der Waals surface area contributed by atoms with E-state index in [1.807, 2.05) is 42.9 Å². The average molecular weight is 313 g/mol. The molecule has 4 rings (SSSR count). The number of pyridine rings is 2. The molecule has 0 unspecified atom stereocenters. The van der Waals surface area contributed by atoms with Crippen molar-refractivity contribution in [2.45, 2.75) is 6.54 Å². The summed E-state index contributed by atoms with van der Waals surface area (Å²) in [6.07, 6.45) is 10.6. The summed E-state index contributed by atoms with van der Waals surface area (Å²) >= 11 is 0. The fourth-order valence-corrected chi connectivity index (χ4v) is 2.65. The average Bonchev–Trinajstić information content (AvgIpc) is 2.67. The molecule has 1 N–H and O–H groups in total. The topological polar surface area (TPSA) is 63.6 Å². The third-order valence-electron chi connectivity index (χ3n) is 3.85. The Morgan fingerprint density at radius 3 is 2.58 bits per heavy atom. The Balaban J connectivity index is 1.58. The van der Waals surface area contributed by atoms with E-state index in [4.69, 9.17) is 0 Å². The summed E-state index contributed by atoms with van der Waals surface area (Å²) in [6, 6.07) is 12.2. The summed E-state index contributed by atoms with van der Waals surface area (Å²) in [6.45, 7) is 0.708. The molecule has 0 fully saturated rings. The molecule has 0 aliphatic rings. The Labute approximate surface area is 139 Å². The van der Waals surface area contributed by atoms with E-state index in [0.717, 1.165) is 27.7 Å². The molecule has 4 aromatic rings. The number of nitrogens with one attached hydrogen (secondary N) is 1. The highest BCUT2D eigenvalue weighted by Gasteiger charge is 2.03. The Bertz CT molecular complexity index is 964. The lowest BCUT2D eigenvalue weighted by atomic mass is 10.1. The maximum Gasteiger partial charge on any atom is 0.115 e. The minimum atomic E-state index is 0.708. The number of hydrogen-bond donors (Lipinski definition) is 1. The van der Waals surface area contributed by atoms with Crippen molar-refractivity contribution in [1.29, 1.82) is 0 Å². The summed E-state index contributed by atoms with van der Waals surface area (Å²) < 4.78 is 0. The van der Waals surface area contributed by atoms with Crippen molar-refractivity contribution < 1.29 is 0 Å². The molecule has 0 bridgehead atoms. The molecule has 3 heterocycles. The van der Waals surface area contributed by atoms with Crippen LogP contribution >= 0.6 is 0 Å². The smallest absolute Gasteiger partial charge is 0.115 e. The van der Waals surface area contributed by atoms with Crippen molar-refractivity contribution in [3.05, 3.63) is 79.3 Å². The number of aromatic nitrogens is 4. The van der Waals surface area contributed by atoms with E-state index < -0.39 is 0 Å². The van der Waals surface area contributed by atoms with Gasteiger partial charge >= 0.3 is 0 Å². The third kappa shape index (κ3) is 2.92. The monoisotopic (exact) mass is 313 g/mol. The van der Waals surface area contributed by atoms with Crippen LogP contribution in [0.3, 0.4) is 0 Å². The standard InChI is InChI=1S/C19H15N5/c1-2-4-19-18(3-1)14(5-6-23-19)11-24-17-7-15(8-20-12-17)16-9-21-13-22-10-16/h1-10,12-13,24H,11H2. The second kappa shape index (κ2) is 6.42. The predicted octanol–water partition coefficient (Wildman–Crippen LogP) is 3.70. The zero-order valence-corrected chi connectivity index (χ0v) is 12.9. The zero-order valence-electron chi connectivity index (χ0n) is 12.9. The van der Waals surface area contributed by atoms with E-state index in [-0.39, 0.29) is 0 Å². The number of nitrogens with zero attached hydrogens (tertiary/aromatic N) is 4. The van der Waals surface area contributed by atoms with E-state index in [2.05, 4.69) is 37.4 Å². The molecule has 24 heavy (non-hydrogen) atoms. The lowest BCUT2D eigenvalue weighted by Gasteiger charge is -2.10. The first-order chi connectivity index (χ1) is 11.9. The van der Waals surface area contributed by atoms with Gasteiger partial charge in [0.2, 0.25) is 0 Å². The largest absolute Gasteiger partial charge is 0.380 e. The predicted molar refractivity (Wildman–Crippen MR) is 94.3 cm³/mol. The lowest BCUT2D eigenvalue weighted by molar-refractivity contribution is 1.14. The van der Waals surface area contributed by atoms with Gasteiger partial charge in [0.25, 0.3) is 0 Å². The fraction of sp³-hybridized carbons (Fsp3) is 0.0526. The molecule has 0 aliphatic heterocycles. The lowest BCUT2D eigenvalue weighted by Crippen LogP contribution is -2.01. The summed E-state index contributed by atoms with van der Waals surface area (Å²) in [5.41, 5.74) is 5.10. The van der Waals surface area contributed by atoms with Crippen molar-refractivity contribution in [1.82, 2.24) is 19.9 Å². The number of benzene rings is 1. The van der Waals surface area contributed by atoms with Gasteiger partial charge in [-0.3, -0.25) is 9.97 Å². The molecule has 0 atom stereocenters. The van der Waals surface area contributed by atoms with Gasteiger partial charge in [-0.05, 0) is 23.8 Å². The quantitative estimate of drug-likeness (QED) is 0.622. The number of hydrogen-bond acceptors (Lipinski definition) is 5. The van der Waals surface area contributed by atoms with Crippen LogP contribution in [0.15, 0.2) is 73.7 Å². The normalized spacial score (nSPS) is 10.7. The first kappa shape index (κ1) is 14.3. The highest BCUT2D eigenvalue weighted by atomic mass is 14.9. The van der Waals surface area contributed by atoms with Crippen LogP contribution < -0.4 is 5.32 Å². The molecule has 0 spiro atoms. The Hall–Kier alpha value is -3.34. The van der Waals surface area contributed by atoms with Crippen molar-refractivity contribution >= 4 is 16.6 Å². The number of rotatable bonds is 4. The van der Waals surface area contributed by atoms with E-state index in [1.165, 1.54) is 11.9 Å². The van der Waals surface area contributed by atoms with E-state index in [1.54, 1.807) is 12.4 Å². The molecule has 0 saturated heterocycles. The van der Waals surface area contributed by atoms with Gasteiger partial charge in [0, 0.05) is 54.0 Å². The zero-order chi connectivity index (χ0) is 16.2. The van der Waals surface area contributed by atoms with Crippen LogP contribution in [0.25, 0.3) is 22.0 Å². The highest BCUT2D eigenvalue weighted by Crippen LogP contribution is 2.21. The van der Waals surface area contributed by atoms with Crippen LogP contribution in [-0.4, -0.2) is 19.9 Å². The van der Waals surface area contributed by atoms with Gasteiger partial charge < -0.3 is 5.32 Å². The minimum Gasteiger partial charge on any atom is -0.380 e. The molecule has 0 amide bonds. The van der Waals surface area contributed by atoms with Gasteiger partial charge in [0.1, 0.15) is 6.33 Å². The van der Waals surface area contributed by atoms with Crippen LogP contribution in [0.4, 0.5) is 5.69 Å². The summed E-state index contributed by atoms with van der Waals surface area (Å²) in [5, 5.41) is 4.59. The van der Waals surface area contributed by atoms with Gasteiger partial charge in [-0.25, -0.2) is 9.97 Å². The SMILES string of the molecule is c1ccc2c(CNc3cncc(-c4cncnc4)c3)ccnc2c1. The fourth-order valence-electron chi connectivity index (χ4n) is 2.65. The van der Waals surface area contributed by atoms with E-state index in [9.17, 15) is 0 Å². The van der Waals surface area contributed by atoms with Gasteiger partial charge in [-0.15, -0.1) is 0 Å². The van der Waals surface area contributed by atoms with Crippen molar-refractivity contribution in [2.75, 3.05) is 5.32 Å². The van der Waals surface area contributed by atoms with Gasteiger partial charge in [0.15, 0.2) is 0 Å². The van der Waals surface area contributed by atoms with Crippen LogP contribution in [0.1, 0.15) is 5.56 Å². The molecule has 3 aromatic heterocycles. The Kier molecular flexibility index (Phi) is 3.81. The number of anilines is 1. The summed E-state index contributed by atoms with van der Waals surface area (Å²) in [4.78, 5) is 16.8. The van der Waals surface area contributed by atoms with E-state index >= 15 is 0 Å². The molecule has 116 valence electrons. The molecule has 5 heteroatoms. The van der Waals surface area contributed by atoms with Gasteiger partial charge in [-0.2, -0.15) is 0 Å². The van der Waals surface area contributed by atoms with Gasteiger partial charge in [-0.1, -0.05) is 18.2 Å². The molecule has 5 nitrogen and oxygen atoms in total. The molecule has 0 saturated carbocycles. The highest BCUT2D eigenvalue weighted by molar-refractivity contribution is 5.82. The van der Waals surface area contributed by atoms with E-state index in [0.29, 0.717) is 6.54 Å². The molecule has 1 aromatic carbocycles. The second-order valence-electron chi connectivity index (χ2n) is 5.43. The first-order valence-corrected chi connectivity index (χ1v) is 7.67. The first-order valence-electron chi connectivity index (χ1n) is 7.67. The van der Waals surface area contributed by atoms with Crippen LogP contribution in [0.2, 0.25) is 0 Å². The molecule has 0 aliphatic carbocycles.